The lowest BCUT2D eigenvalue weighted by Gasteiger charge is -2.14. The second kappa shape index (κ2) is 6.07. The van der Waals surface area contributed by atoms with Gasteiger partial charge in [0.1, 0.15) is 19.3 Å². The van der Waals surface area contributed by atoms with Gasteiger partial charge >= 0.3 is 12.3 Å². The van der Waals surface area contributed by atoms with E-state index in [0.29, 0.717) is 0 Å². The van der Waals surface area contributed by atoms with E-state index < -0.39 is 38.2 Å². The Kier molecular flexibility index (Phi) is 4.99. The maximum Gasteiger partial charge on any atom is 0.330 e. The lowest BCUT2D eigenvalue weighted by Crippen LogP contribution is -2.32. The minimum Gasteiger partial charge on any atom is -0.394 e. The molecule has 0 aliphatic rings. The van der Waals surface area contributed by atoms with Crippen LogP contribution in [0.5, 0.6) is 0 Å². The molecule has 10 heteroatoms. The number of aliphatic hydroxyl groups excluding tert-OH is 1. The maximum absolute atomic E-state index is 12.4. The molecule has 0 unspecified atom stereocenters. The molecule has 0 saturated heterocycles. The number of aromatic nitrogens is 2. The highest BCUT2D eigenvalue weighted by Gasteiger charge is 2.41. The normalized spacial score (nSPS) is 14.2. The summed E-state index contributed by atoms with van der Waals surface area (Å²) in [5.74, 6) is -4.45. The molecule has 104 valence electrons. The fourth-order valence-electron chi connectivity index (χ4n) is 0.896. The first kappa shape index (κ1) is 14.8. The lowest BCUT2D eigenvalue weighted by molar-refractivity contribution is -0.168. The van der Waals surface area contributed by atoms with Crippen LogP contribution >= 0.6 is 0 Å². The van der Waals surface area contributed by atoms with E-state index >= 15 is 0 Å². The standard InChI is InChI=1S/C8H11F4N3O3/c9-7(10)8(11,12)3-17-2-5-14-6(18-15-5)4(13)1-16/h4,7,16H,1-3,13H2/t4-/m0/s1. The Morgan fingerprint density at radius 2 is 2.11 bits per heavy atom. The molecule has 1 rings (SSSR count). The van der Waals surface area contributed by atoms with E-state index in [-0.39, 0.29) is 11.7 Å². The van der Waals surface area contributed by atoms with Crippen LogP contribution in [0.4, 0.5) is 17.6 Å². The van der Waals surface area contributed by atoms with Gasteiger partial charge in [0.05, 0.1) is 6.61 Å². The average molecular weight is 273 g/mol. The largest absolute Gasteiger partial charge is 0.394 e. The molecule has 1 aromatic rings. The van der Waals surface area contributed by atoms with Crippen molar-refractivity contribution in [3.8, 4) is 0 Å². The number of nitrogens with two attached hydrogens (primary N) is 1. The van der Waals surface area contributed by atoms with Crippen LogP contribution in [0.25, 0.3) is 0 Å². The molecule has 0 aromatic carbocycles. The highest BCUT2D eigenvalue weighted by molar-refractivity contribution is 4.90. The Balaban J connectivity index is 2.43. The molecule has 0 aliphatic carbocycles. The van der Waals surface area contributed by atoms with Gasteiger partial charge in [-0.1, -0.05) is 5.16 Å². The van der Waals surface area contributed by atoms with Crippen LogP contribution in [-0.4, -0.2) is 40.8 Å². The molecule has 0 saturated carbocycles. The number of hydrogen-bond donors (Lipinski definition) is 2. The third kappa shape index (κ3) is 3.89. The molecule has 0 aliphatic heterocycles. The predicted molar refractivity (Wildman–Crippen MR) is 48.9 cm³/mol. The van der Waals surface area contributed by atoms with E-state index in [4.69, 9.17) is 10.8 Å². The van der Waals surface area contributed by atoms with E-state index in [1.54, 1.807) is 0 Å². The summed E-state index contributed by atoms with van der Waals surface area (Å²) in [5.41, 5.74) is 5.34. The molecule has 3 N–H and O–H groups in total. The fraction of sp³-hybridized carbons (Fsp3) is 0.750. The number of aliphatic hydroxyl groups is 1. The molecular weight excluding hydrogens is 262 g/mol. The maximum atomic E-state index is 12.4. The van der Waals surface area contributed by atoms with Crippen LogP contribution in [0.15, 0.2) is 4.52 Å². The molecule has 1 atom stereocenters. The quantitative estimate of drug-likeness (QED) is 0.702. The third-order valence-electron chi connectivity index (χ3n) is 1.84. The van der Waals surface area contributed by atoms with E-state index in [2.05, 4.69) is 19.4 Å². The van der Waals surface area contributed by atoms with Crippen molar-refractivity contribution < 1.29 is 31.9 Å². The number of hydrogen-bond acceptors (Lipinski definition) is 6. The molecule has 0 amide bonds. The van der Waals surface area contributed by atoms with Gasteiger partial charge in [0.2, 0.25) is 5.89 Å². The summed E-state index contributed by atoms with van der Waals surface area (Å²) in [6.45, 7) is -2.42. The smallest absolute Gasteiger partial charge is 0.330 e. The van der Waals surface area contributed by atoms with Gasteiger partial charge in [0.15, 0.2) is 5.82 Å². The van der Waals surface area contributed by atoms with Crippen molar-refractivity contribution in [2.45, 2.75) is 25.0 Å². The first-order valence-electron chi connectivity index (χ1n) is 4.79. The van der Waals surface area contributed by atoms with Gasteiger partial charge in [-0.15, -0.1) is 0 Å². The zero-order valence-electron chi connectivity index (χ0n) is 9.02. The molecule has 0 bridgehead atoms. The van der Waals surface area contributed by atoms with Crippen molar-refractivity contribution in [1.82, 2.24) is 10.1 Å². The number of halogens is 4. The van der Waals surface area contributed by atoms with Crippen LogP contribution in [0, 0.1) is 0 Å². The van der Waals surface area contributed by atoms with Crippen molar-refractivity contribution in [2.75, 3.05) is 13.2 Å². The second-order valence-corrected chi connectivity index (χ2v) is 3.39. The van der Waals surface area contributed by atoms with Crippen LogP contribution < -0.4 is 5.73 Å². The summed E-state index contributed by atoms with van der Waals surface area (Å²) in [5, 5.41) is 12.0. The number of alkyl halides is 4. The SMILES string of the molecule is N[C@@H](CO)c1nc(COCC(F)(F)C(F)F)no1. The monoisotopic (exact) mass is 273 g/mol. The number of nitrogens with zero attached hydrogens (tertiary/aromatic N) is 2. The first-order chi connectivity index (χ1) is 8.36. The summed E-state index contributed by atoms with van der Waals surface area (Å²) < 4.78 is 57.4. The Labute approximate surface area is 98.7 Å². The fourth-order valence-corrected chi connectivity index (χ4v) is 0.896. The zero-order chi connectivity index (χ0) is 13.8. The average Bonchev–Trinajstić information content (AvgIpc) is 2.76. The van der Waals surface area contributed by atoms with E-state index in [9.17, 15) is 17.6 Å². The molecule has 1 aromatic heterocycles. The van der Waals surface area contributed by atoms with Gasteiger partial charge in [0.25, 0.3) is 0 Å². The Morgan fingerprint density at radius 3 is 2.67 bits per heavy atom. The van der Waals surface area contributed by atoms with Crippen molar-refractivity contribution in [2.24, 2.45) is 5.73 Å². The lowest BCUT2D eigenvalue weighted by atomic mass is 10.3. The number of ether oxygens (including phenoxy) is 1. The summed E-state index contributed by atoms with van der Waals surface area (Å²) in [6, 6.07) is -0.895. The summed E-state index contributed by atoms with van der Waals surface area (Å²) in [4.78, 5) is 3.63. The molecule has 0 spiro atoms. The summed E-state index contributed by atoms with van der Waals surface area (Å²) >= 11 is 0. The van der Waals surface area contributed by atoms with Gasteiger partial charge in [-0.3, -0.25) is 0 Å². The van der Waals surface area contributed by atoms with E-state index in [0.717, 1.165) is 0 Å². The van der Waals surface area contributed by atoms with Crippen LogP contribution in [-0.2, 0) is 11.3 Å². The first-order valence-corrected chi connectivity index (χ1v) is 4.79. The van der Waals surface area contributed by atoms with Crippen LogP contribution in [0.2, 0.25) is 0 Å². The topological polar surface area (TPSA) is 94.4 Å². The van der Waals surface area contributed by atoms with Gasteiger partial charge in [-0.25, -0.2) is 8.78 Å². The van der Waals surface area contributed by atoms with Gasteiger partial charge in [-0.2, -0.15) is 13.8 Å². The number of rotatable bonds is 7. The summed E-state index contributed by atoms with van der Waals surface area (Å²) in [7, 11) is 0. The highest BCUT2D eigenvalue weighted by Crippen LogP contribution is 2.23. The molecule has 18 heavy (non-hydrogen) atoms. The summed E-state index contributed by atoms with van der Waals surface area (Å²) in [6.07, 6.45) is -3.80. The van der Waals surface area contributed by atoms with Crippen LogP contribution in [0.1, 0.15) is 17.8 Å². The Hall–Kier alpha value is -1.26. The minimum atomic E-state index is -4.23. The minimum absolute atomic E-state index is 0.100. The van der Waals surface area contributed by atoms with E-state index in [1.165, 1.54) is 0 Å². The van der Waals surface area contributed by atoms with Gasteiger partial charge < -0.3 is 20.1 Å². The Morgan fingerprint density at radius 1 is 1.44 bits per heavy atom. The Bertz CT molecular complexity index is 374. The molecular formula is C8H11F4N3O3. The van der Waals surface area contributed by atoms with Crippen molar-refractivity contribution in [3.05, 3.63) is 11.7 Å². The molecule has 0 fully saturated rings. The van der Waals surface area contributed by atoms with Crippen molar-refractivity contribution >= 4 is 0 Å². The zero-order valence-corrected chi connectivity index (χ0v) is 9.02. The van der Waals surface area contributed by atoms with Gasteiger partial charge in [-0.05, 0) is 0 Å². The van der Waals surface area contributed by atoms with Crippen molar-refractivity contribution in [1.29, 1.82) is 0 Å². The van der Waals surface area contributed by atoms with Crippen LogP contribution in [0.3, 0.4) is 0 Å². The predicted octanol–water partition coefficient (Wildman–Crippen LogP) is 0.479. The van der Waals surface area contributed by atoms with E-state index in [1.807, 2.05) is 0 Å². The third-order valence-corrected chi connectivity index (χ3v) is 1.84. The highest BCUT2D eigenvalue weighted by atomic mass is 19.3. The van der Waals surface area contributed by atoms with Gasteiger partial charge in [0, 0.05) is 0 Å². The van der Waals surface area contributed by atoms with Crippen molar-refractivity contribution in [3.63, 3.8) is 0 Å². The molecule has 0 radical (unpaired) electrons. The molecule has 1 heterocycles. The molecule has 6 nitrogen and oxygen atoms in total. The second-order valence-electron chi connectivity index (χ2n) is 3.39.